The molecule has 1 aromatic carbocycles. The van der Waals surface area contributed by atoms with Gasteiger partial charge in [0.25, 0.3) is 5.56 Å². The maximum Gasteiger partial charge on any atom is 0.329 e. The Kier molecular flexibility index (Phi) is 4.03. The number of hydrogen-bond donors (Lipinski definition) is 1. The van der Waals surface area contributed by atoms with Crippen LogP contribution in [0.2, 0.25) is 0 Å². The Morgan fingerprint density at radius 1 is 1.15 bits per heavy atom. The third-order valence-corrected chi connectivity index (χ3v) is 5.02. The summed E-state index contributed by atoms with van der Waals surface area (Å²) in [7, 11) is 0. The summed E-state index contributed by atoms with van der Waals surface area (Å²) in [5.41, 5.74) is 1.71. The summed E-state index contributed by atoms with van der Waals surface area (Å²) in [5.74, 6) is 0.00916. The first-order chi connectivity index (χ1) is 12.6. The Morgan fingerprint density at radius 3 is 2.65 bits per heavy atom. The lowest BCUT2D eigenvalue weighted by Crippen LogP contribution is -2.33. The fraction of sp³-hybridized carbons (Fsp3) is 0.300. The molecule has 0 unspecified atom stereocenters. The zero-order chi connectivity index (χ0) is 18.3. The van der Waals surface area contributed by atoms with E-state index in [4.69, 9.17) is 0 Å². The first-order valence-corrected chi connectivity index (χ1v) is 8.83. The van der Waals surface area contributed by atoms with E-state index in [-0.39, 0.29) is 11.7 Å². The van der Waals surface area contributed by atoms with Gasteiger partial charge in [-0.2, -0.15) is 0 Å². The van der Waals surface area contributed by atoms with E-state index in [1.54, 1.807) is 0 Å². The van der Waals surface area contributed by atoms with Gasteiger partial charge in [-0.05, 0) is 29.9 Å². The number of Topliss-reactive ketones (excluding diaryl/α,β-unsaturated/α-hetero) is 1. The molecular formula is C20H19N3O3. The lowest BCUT2D eigenvalue weighted by atomic mass is 9.79. The van der Waals surface area contributed by atoms with E-state index in [0.717, 1.165) is 12.0 Å². The van der Waals surface area contributed by atoms with Crippen molar-refractivity contribution in [2.24, 2.45) is 0 Å². The largest absolute Gasteiger partial charge is 0.329 e. The van der Waals surface area contributed by atoms with Crippen LogP contribution < -0.4 is 11.2 Å². The van der Waals surface area contributed by atoms with Crippen LogP contribution in [0, 0.1) is 0 Å². The van der Waals surface area contributed by atoms with Crippen LogP contribution in [0.4, 0.5) is 0 Å². The fourth-order valence-corrected chi connectivity index (χ4v) is 3.80. The number of nitrogens with zero attached hydrogens (tertiary/aromatic N) is 2. The smallest absolute Gasteiger partial charge is 0.294 e. The summed E-state index contributed by atoms with van der Waals surface area (Å²) < 4.78 is 1.48. The maximum atomic E-state index is 12.7. The molecule has 0 radical (unpaired) electrons. The molecule has 0 saturated carbocycles. The molecule has 0 fully saturated rings. The Balaban J connectivity index is 1.96. The van der Waals surface area contributed by atoms with Crippen LogP contribution in [0.1, 0.15) is 47.2 Å². The van der Waals surface area contributed by atoms with Gasteiger partial charge in [0.15, 0.2) is 5.78 Å². The zero-order valence-corrected chi connectivity index (χ0v) is 14.5. The van der Waals surface area contributed by atoms with Gasteiger partial charge in [-0.25, -0.2) is 9.78 Å². The molecular weight excluding hydrogens is 330 g/mol. The summed E-state index contributed by atoms with van der Waals surface area (Å²) in [4.78, 5) is 44.1. The number of aromatic nitrogens is 3. The van der Waals surface area contributed by atoms with E-state index in [2.05, 4.69) is 9.97 Å². The Hall–Kier alpha value is -3.02. The van der Waals surface area contributed by atoms with Crippen molar-refractivity contribution in [1.82, 2.24) is 14.5 Å². The number of ketones is 1. The molecule has 0 bridgehead atoms. The minimum atomic E-state index is -0.469. The van der Waals surface area contributed by atoms with Crippen molar-refractivity contribution in [3.05, 3.63) is 74.1 Å². The van der Waals surface area contributed by atoms with E-state index in [9.17, 15) is 14.4 Å². The van der Waals surface area contributed by atoms with Crippen molar-refractivity contribution in [3.63, 3.8) is 0 Å². The van der Waals surface area contributed by atoms with Crippen molar-refractivity contribution >= 4 is 16.8 Å². The fourth-order valence-electron chi connectivity index (χ4n) is 3.80. The van der Waals surface area contributed by atoms with Crippen LogP contribution in [0.3, 0.4) is 0 Å². The van der Waals surface area contributed by atoms with E-state index < -0.39 is 11.2 Å². The summed E-state index contributed by atoms with van der Waals surface area (Å²) in [6.07, 6.45) is 3.24. The van der Waals surface area contributed by atoms with Crippen LogP contribution in [0.5, 0.6) is 0 Å². The molecule has 6 nitrogen and oxygen atoms in total. The highest BCUT2D eigenvalue weighted by Crippen LogP contribution is 2.34. The van der Waals surface area contributed by atoms with Crippen LogP contribution >= 0.6 is 0 Å². The molecule has 1 aliphatic rings. The number of rotatable bonds is 3. The average molecular weight is 349 g/mol. The first kappa shape index (κ1) is 16.4. The molecule has 0 spiro atoms. The second-order valence-corrected chi connectivity index (χ2v) is 6.70. The highest BCUT2D eigenvalue weighted by Gasteiger charge is 2.29. The molecule has 4 rings (SSSR count). The molecule has 6 heteroatoms. The Labute approximate surface area is 149 Å². The Morgan fingerprint density at radius 2 is 1.92 bits per heavy atom. The summed E-state index contributed by atoms with van der Waals surface area (Å²) in [6, 6.07) is 9.85. The molecule has 1 N–H and O–H groups in total. The van der Waals surface area contributed by atoms with Gasteiger partial charge in [0.2, 0.25) is 0 Å². The number of aryl methyl sites for hydroxylation is 1. The number of aromatic amines is 1. The molecule has 132 valence electrons. The number of carbonyl (C=O) groups is 1. The standard InChI is InChI=1S/C20H19N3O3/c1-2-8-23-18-17(19(25)22-20(23)26)14-9-13(12-6-4-3-5-7-12)10-16(24)15(14)11-21-18/h3-7,11,13H,2,8-10H2,1H3,(H,22,25,26)/t13-/m0/s1. The van der Waals surface area contributed by atoms with Crippen molar-refractivity contribution in [2.75, 3.05) is 0 Å². The topological polar surface area (TPSA) is 84.8 Å². The monoisotopic (exact) mass is 349 g/mol. The lowest BCUT2D eigenvalue weighted by Gasteiger charge is -2.25. The molecule has 1 aliphatic carbocycles. The van der Waals surface area contributed by atoms with Gasteiger partial charge in [-0.1, -0.05) is 37.3 Å². The maximum absolute atomic E-state index is 12.7. The molecule has 26 heavy (non-hydrogen) atoms. The third kappa shape index (κ3) is 2.58. The van der Waals surface area contributed by atoms with Crippen molar-refractivity contribution in [3.8, 4) is 0 Å². The van der Waals surface area contributed by atoms with Gasteiger partial charge in [-0.3, -0.25) is 19.1 Å². The van der Waals surface area contributed by atoms with Crippen molar-refractivity contribution in [1.29, 1.82) is 0 Å². The van der Waals surface area contributed by atoms with E-state index in [0.29, 0.717) is 41.5 Å². The van der Waals surface area contributed by atoms with Gasteiger partial charge in [0, 0.05) is 24.7 Å². The second-order valence-electron chi connectivity index (χ2n) is 6.70. The van der Waals surface area contributed by atoms with E-state index in [1.807, 2.05) is 37.3 Å². The lowest BCUT2D eigenvalue weighted by molar-refractivity contribution is 0.0964. The summed E-state index contributed by atoms with van der Waals surface area (Å²) in [6.45, 7) is 2.42. The molecule has 2 heterocycles. The number of benzene rings is 1. The number of H-pyrrole nitrogens is 1. The minimum absolute atomic E-state index is 0.0119. The van der Waals surface area contributed by atoms with Gasteiger partial charge in [0.1, 0.15) is 5.65 Å². The predicted octanol–water partition coefficient (Wildman–Crippen LogP) is 2.41. The van der Waals surface area contributed by atoms with Crippen LogP contribution in [0.25, 0.3) is 11.0 Å². The highest BCUT2D eigenvalue weighted by atomic mass is 16.2. The zero-order valence-electron chi connectivity index (χ0n) is 14.5. The number of pyridine rings is 1. The van der Waals surface area contributed by atoms with Crippen LogP contribution in [-0.2, 0) is 13.0 Å². The van der Waals surface area contributed by atoms with Crippen LogP contribution in [0.15, 0.2) is 46.1 Å². The summed E-state index contributed by atoms with van der Waals surface area (Å²) >= 11 is 0. The van der Waals surface area contributed by atoms with Gasteiger partial charge >= 0.3 is 5.69 Å². The van der Waals surface area contributed by atoms with Gasteiger partial charge in [-0.15, -0.1) is 0 Å². The number of hydrogen-bond acceptors (Lipinski definition) is 4. The van der Waals surface area contributed by atoms with Crippen molar-refractivity contribution < 1.29 is 4.79 Å². The molecule has 0 aliphatic heterocycles. The average Bonchev–Trinajstić information content (AvgIpc) is 2.65. The quantitative estimate of drug-likeness (QED) is 0.787. The second kappa shape index (κ2) is 6.37. The molecule has 1 atom stereocenters. The Bertz CT molecular complexity index is 1110. The van der Waals surface area contributed by atoms with Crippen LogP contribution in [-0.4, -0.2) is 20.3 Å². The normalized spacial score (nSPS) is 16.7. The highest BCUT2D eigenvalue weighted by molar-refractivity contribution is 6.02. The number of fused-ring (bicyclic) bond motifs is 3. The SMILES string of the molecule is CCCn1c(=O)[nH]c(=O)c2c3c(cnc21)C(=O)C[C@@H](c1ccccc1)C3. The predicted molar refractivity (Wildman–Crippen MR) is 98.7 cm³/mol. The summed E-state index contributed by atoms with van der Waals surface area (Å²) in [5, 5.41) is 0.365. The molecule has 0 amide bonds. The number of nitrogens with one attached hydrogen (secondary N) is 1. The van der Waals surface area contributed by atoms with Crippen molar-refractivity contribution in [2.45, 2.75) is 38.6 Å². The van der Waals surface area contributed by atoms with E-state index >= 15 is 0 Å². The number of carbonyl (C=O) groups excluding carboxylic acids is 1. The molecule has 2 aromatic heterocycles. The van der Waals surface area contributed by atoms with Gasteiger partial charge in [0.05, 0.1) is 5.39 Å². The van der Waals surface area contributed by atoms with E-state index in [1.165, 1.54) is 10.8 Å². The molecule has 0 saturated heterocycles. The minimum Gasteiger partial charge on any atom is -0.294 e. The third-order valence-electron chi connectivity index (χ3n) is 5.02. The van der Waals surface area contributed by atoms with Gasteiger partial charge < -0.3 is 0 Å². The molecule has 3 aromatic rings. The first-order valence-electron chi connectivity index (χ1n) is 8.83.